The van der Waals surface area contributed by atoms with Gasteiger partial charge in [-0.3, -0.25) is 0 Å². The predicted octanol–water partition coefficient (Wildman–Crippen LogP) is 4.11. The van der Waals surface area contributed by atoms with Crippen LogP contribution in [0, 0.1) is 5.92 Å². The van der Waals surface area contributed by atoms with E-state index in [2.05, 4.69) is 48.6 Å². The molecule has 0 radical (unpaired) electrons. The highest BCUT2D eigenvalue weighted by atomic mass is 16.3. The standard InChI is InChI=1S/C19H18O/c20-12-14-11-19-15-6-2-1-5-13(15)9-10-18(19)17-8-4-3-7-16(14)17/h1-2,4-6,8-10,14,20H,3,7,11-12H2. The maximum absolute atomic E-state index is 9.77. The van der Waals surface area contributed by atoms with Crippen molar-refractivity contribution in [2.45, 2.75) is 19.3 Å². The summed E-state index contributed by atoms with van der Waals surface area (Å²) >= 11 is 0. The van der Waals surface area contributed by atoms with Gasteiger partial charge in [-0.2, -0.15) is 0 Å². The van der Waals surface area contributed by atoms with E-state index in [1.54, 1.807) is 0 Å². The lowest BCUT2D eigenvalue weighted by Crippen LogP contribution is -2.20. The quantitative estimate of drug-likeness (QED) is 0.820. The lowest BCUT2D eigenvalue weighted by molar-refractivity contribution is 0.242. The number of benzene rings is 2. The minimum Gasteiger partial charge on any atom is -0.396 e. The zero-order chi connectivity index (χ0) is 13.5. The molecule has 0 heterocycles. The molecule has 0 aliphatic heterocycles. The second kappa shape index (κ2) is 4.60. The molecule has 1 nitrogen and oxygen atoms in total. The highest BCUT2D eigenvalue weighted by Crippen LogP contribution is 2.42. The normalized spacial score (nSPS) is 20.9. The van der Waals surface area contributed by atoms with E-state index in [0.717, 1.165) is 19.3 Å². The molecule has 2 aliphatic rings. The summed E-state index contributed by atoms with van der Waals surface area (Å²) in [5, 5.41) is 12.4. The monoisotopic (exact) mass is 262 g/mol. The maximum atomic E-state index is 9.77. The van der Waals surface area contributed by atoms with Crippen LogP contribution in [-0.2, 0) is 6.42 Å². The molecule has 2 aromatic rings. The lowest BCUT2D eigenvalue weighted by Gasteiger charge is -2.31. The van der Waals surface area contributed by atoms with Gasteiger partial charge in [0, 0.05) is 12.5 Å². The Hall–Kier alpha value is -1.86. The van der Waals surface area contributed by atoms with Gasteiger partial charge in [0.05, 0.1) is 0 Å². The molecule has 2 aromatic carbocycles. The number of hydrogen-bond donors (Lipinski definition) is 1. The first-order chi connectivity index (χ1) is 9.88. The van der Waals surface area contributed by atoms with E-state index in [-0.39, 0.29) is 6.61 Å². The summed E-state index contributed by atoms with van der Waals surface area (Å²) in [4.78, 5) is 0. The zero-order valence-corrected chi connectivity index (χ0v) is 11.5. The molecule has 1 atom stereocenters. The first-order valence-electron chi connectivity index (χ1n) is 7.40. The average molecular weight is 262 g/mol. The van der Waals surface area contributed by atoms with Crippen molar-refractivity contribution in [2.75, 3.05) is 6.61 Å². The van der Waals surface area contributed by atoms with Crippen LogP contribution in [-0.4, -0.2) is 11.7 Å². The molecule has 1 N–H and O–H groups in total. The predicted molar refractivity (Wildman–Crippen MR) is 83.5 cm³/mol. The second-order valence-electron chi connectivity index (χ2n) is 5.78. The Morgan fingerprint density at radius 1 is 1.10 bits per heavy atom. The van der Waals surface area contributed by atoms with Gasteiger partial charge in [0.25, 0.3) is 0 Å². The largest absolute Gasteiger partial charge is 0.396 e. The summed E-state index contributed by atoms with van der Waals surface area (Å²) in [6.07, 6.45) is 7.70. The molecule has 0 amide bonds. The van der Waals surface area contributed by atoms with Gasteiger partial charge in [-0.05, 0) is 46.7 Å². The molecule has 0 fully saturated rings. The van der Waals surface area contributed by atoms with Crippen LogP contribution in [0.4, 0.5) is 0 Å². The Bertz CT molecular complexity index is 737. The van der Waals surface area contributed by atoms with Crippen molar-refractivity contribution >= 4 is 16.3 Å². The smallest absolute Gasteiger partial charge is 0.0500 e. The average Bonchev–Trinajstić information content (AvgIpc) is 2.53. The number of aliphatic hydroxyl groups excluding tert-OH is 1. The van der Waals surface area contributed by atoms with Gasteiger partial charge < -0.3 is 5.11 Å². The van der Waals surface area contributed by atoms with Crippen LogP contribution >= 0.6 is 0 Å². The van der Waals surface area contributed by atoms with Crippen LogP contribution in [0.15, 0.2) is 54.1 Å². The Morgan fingerprint density at radius 3 is 2.90 bits per heavy atom. The Balaban J connectivity index is 2.01. The van der Waals surface area contributed by atoms with Crippen molar-refractivity contribution < 1.29 is 5.11 Å². The van der Waals surface area contributed by atoms with Crippen molar-refractivity contribution in [1.82, 2.24) is 0 Å². The van der Waals surface area contributed by atoms with Crippen molar-refractivity contribution in [3.63, 3.8) is 0 Å². The first kappa shape index (κ1) is 11.9. The molecule has 0 spiro atoms. The maximum Gasteiger partial charge on any atom is 0.0500 e. The summed E-state index contributed by atoms with van der Waals surface area (Å²) in [6, 6.07) is 13.1. The van der Waals surface area contributed by atoms with E-state index in [0.29, 0.717) is 5.92 Å². The van der Waals surface area contributed by atoms with E-state index in [9.17, 15) is 5.11 Å². The van der Waals surface area contributed by atoms with Crippen molar-refractivity contribution in [3.05, 3.63) is 65.3 Å². The van der Waals surface area contributed by atoms with E-state index >= 15 is 0 Å². The van der Waals surface area contributed by atoms with Crippen LogP contribution in [0.3, 0.4) is 0 Å². The molecule has 0 aromatic heterocycles. The fourth-order valence-corrected chi connectivity index (χ4v) is 3.72. The van der Waals surface area contributed by atoms with Gasteiger partial charge in [-0.15, -0.1) is 0 Å². The van der Waals surface area contributed by atoms with Gasteiger partial charge >= 0.3 is 0 Å². The van der Waals surface area contributed by atoms with Crippen LogP contribution < -0.4 is 0 Å². The molecule has 1 heteroatoms. The Kier molecular flexibility index (Phi) is 2.75. The van der Waals surface area contributed by atoms with E-state index < -0.39 is 0 Å². The molecule has 0 saturated carbocycles. The molecule has 4 rings (SSSR count). The molecular weight excluding hydrogens is 244 g/mol. The van der Waals surface area contributed by atoms with E-state index in [1.165, 1.54) is 33.0 Å². The SMILES string of the molecule is OCC1Cc2c(ccc3ccccc23)C2=C1CCC=C2. The first-order valence-corrected chi connectivity index (χ1v) is 7.40. The molecule has 1 unspecified atom stereocenters. The second-order valence-corrected chi connectivity index (χ2v) is 5.78. The molecule has 0 saturated heterocycles. The van der Waals surface area contributed by atoms with E-state index in [1.807, 2.05) is 0 Å². The minimum atomic E-state index is 0.259. The Morgan fingerprint density at radius 2 is 2.00 bits per heavy atom. The van der Waals surface area contributed by atoms with Gasteiger partial charge in [0.2, 0.25) is 0 Å². The zero-order valence-electron chi connectivity index (χ0n) is 11.5. The van der Waals surface area contributed by atoms with E-state index in [4.69, 9.17) is 0 Å². The summed E-state index contributed by atoms with van der Waals surface area (Å²) in [5.74, 6) is 0.299. The highest BCUT2D eigenvalue weighted by molar-refractivity contribution is 5.94. The Labute approximate surface area is 119 Å². The summed E-state index contributed by atoms with van der Waals surface area (Å²) in [7, 11) is 0. The van der Waals surface area contributed by atoms with Gasteiger partial charge in [0.15, 0.2) is 0 Å². The van der Waals surface area contributed by atoms with Crippen LogP contribution in [0.5, 0.6) is 0 Å². The van der Waals surface area contributed by atoms with Crippen molar-refractivity contribution in [1.29, 1.82) is 0 Å². The number of hydrogen-bond acceptors (Lipinski definition) is 1. The van der Waals surface area contributed by atoms with Gasteiger partial charge in [-0.1, -0.05) is 54.1 Å². The number of allylic oxidation sites excluding steroid dienone is 3. The van der Waals surface area contributed by atoms with Gasteiger partial charge in [0.1, 0.15) is 0 Å². The van der Waals surface area contributed by atoms with Crippen molar-refractivity contribution in [2.24, 2.45) is 5.92 Å². The van der Waals surface area contributed by atoms with Crippen LogP contribution in [0.2, 0.25) is 0 Å². The summed E-state index contributed by atoms with van der Waals surface area (Å²) in [6.45, 7) is 0.259. The van der Waals surface area contributed by atoms with Crippen molar-refractivity contribution in [3.8, 4) is 0 Å². The third-order valence-electron chi connectivity index (χ3n) is 4.71. The molecule has 100 valence electrons. The number of aliphatic hydroxyl groups is 1. The van der Waals surface area contributed by atoms with Crippen LogP contribution in [0.1, 0.15) is 24.0 Å². The third-order valence-corrected chi connectivity index (χ3v) is 4.71. The highest BCUT2D eigenvalue weighted by Gasteiger charge is 2.27. The van der Waals surface area contributed by atoms with Crippen LogP contribution in [0.25, 0.3) is 16.3 Å². The summed E-state index contributed by atoms with van der Waals surface area (Å²) < 4.78 is 0. The fourth-order valence-electron chi connectivity index (χ4n) is 3.72. The third kappa shape index (κ3) is 1.66. The number of rotatable bonds is 1. The fraction of sp³-hybridized carbons (Fsp3) is 0.263. The lowest BCUT2D eigenvalue weighted by atomic mass is 9.74. The molecule has 2 aliphatic carbocycles. The summed E-state index contributed by atoms with van der Waals surface area (Å²) in [5.41, 5.74) is 5.60. The molecular formula is C19H18O. The number of fused-ring (bicyclic) bond motifs is 4. The molecule has 20 heavy (non-hydrogen) atoms. The molecule has 0 bridgehead atoms. The van der Waals surface area contributed by atoms with Gasteiger partial charge in [-0.25, -0.2) is 0 Å². The minimum absolute atomic E-state index is 0.259. The topological polar surface area (TPSA) is 20.2 Å².